The summed E-state index contributed by atoms with van der Waals surface area (Å²) in [6.07, 6.45) is 4.49. The average molecular weight is 368 g/mol. The van der Waals surface area contributed by atoms with E-state index in [1.54, 1.807) is 6.20 Å². The van der Waals surface area contributed by atoms with Crippen LogP contribution in [0, 0.1) is 0 Å². The molecule has 2 heterocycles. The zero-order chi connectivity index (χ0) is 14.8. The Kier molecular flexibility index (Phi) is 4.48. The molecule has 110 valence electrons. The van der Waals surface area contributed by atoms with Crippen LogP contribution in [0.1, 0.15) is 36.6 Å². The minimum atomic E-state index is -0.00674. The smallest absolute Gasteiger partial charge is 0.127 e. The first-order valence-electron chi connectivity index (χ1n) is 6.97. The molecule has 2 atom stereocenters. The Bertz CT molecular complexity index is 650. The Morgan fingerprint density at radius 1 is 1.38 bits per heavy atom. The van der Waals surface area contributed by atoms with Crippen LogP contribution in [0.3, 0.4) is 0 Å². The van der Waals surface area contributed by atoms with Gasteiger partial charge in [-0.3, -0.25) is 4.98 Å². The van der Waals surface area contributed by atoms with Crippen LogP contribution in [-0.2, 0) is 0 Å². The van der Waals surface area contributed by atoms with Crippen LogP contribution in [-0.4, -0.2) is 11.5 Å². The average Bonchev–Trinajstić information content (AvgIpc) is 2.48. The van der Waals surface area contributed by atoms with E-state index < -0.39 is 0 Å². The molecule has 5 heteroatoms. The van der Waals surface area contributed by atoms with Crippen LogP contribution < -0.4 is 10.1 Å². The van der Waals surface area contributed by atoms with Gasteiger partial charge < -0.3 is 10.1 Å². The molecule has 0 radical (unpaired) electrons. The Morgan fingerprint density at radius 2 is 2.24 bits per heavy atom. The van der Waals surface area contributed by atoms with E-state index in [1.165, 1.54) is 0 Å². The number of nitrogens with zero attached hydrogens (tertiary/aromatic N) is 1. The summed E-state index contributed by atoms with van der Waals surface area (Å²) in [5.41, 5.74) is 2.21. The fourth-order valence-corrected chi connectivity index (χ4v) is 3.25. The van der Waals surface area contributed by atoms with Crippen LogP contribution in [0.5, 0.6) is 5.75 Å². The number of rotatable bonds is 3. The normalized spacial score (nSPS) is 20.7. The molecule has 1 N–H and O–H groups in total. The SMILES string of the molecule is CCNC1CC(c2cncc(Br)c2)Oc2ccc(Cl)cc21. The third kappa shape index (κ3) is 3.23. The molecule has 1 aliphatic rings. The number of nitrogens with one attached hydrogen (secondary N) is 1. The lowest BCUT2D eigenvalue weighted by molar-refractivity contribution is 0.151. The first-order chi connectivity index (χ1) is 10.2. The lowest BCUT2D eigenvalue weighted by atomic mass is 9.93. The Balaban J connectivity index is 1.95. The van der Waals surface area contributed by atoms with Gasteiger partial charge in [0.25, 0.3) is 0 Å². The molecule has 3 nitrogen and oxygen atoms in total. The first kappa shape index (κ1) is 14.8. The maximum atomic E-state index is 6.15. The number of hydrogen-bond acceptors (Lipinski definition) is 3. The highest BCUT2D eigenvalue weighted by Gasteiger charge is 2.29. The third-order valence-corrected chi connectivity index (χ3v) is 4.28. The molecule has 3 rings (SSSR count). The maximum absolute atomic E-state index is 6.15. The van der Waals surface area contributed by atoms with Crippen LogP contribution in [0.15, 0.2) is 41.1 Å². The Labute approximate surface area is 137 Å². The van der Waals surface area contributed by atoms with E-state index in [2.05, 4.69) is 39.2 Å². The summed E-state index contributed by atoms with van der Waals surface area (Å²) in [5.74, 6) is 0.890. The Morgan fingerprint density at radius 3 is 3.00 bits per heavy atom. The monoisotopic (exact) mass is 366 g/mol. The molecule has 0 spiro atoms. The standard InChI is InChI=1S/C16H16BrClN2O/c1-2-20-14-7-16(10-5-11(17)9-19-8-10)21-15-4-3-12(18)6-13(14)15/h3-6,8-9,14,16,20H,2,7H2,1H3. The largest absolute Gasteiger partial charge is 0.485 e. The van der Waals surface area contributed by atoms with E-state index in [-0.39, 0.29) is 12.1 Å². The fourth-order valence-electron chi connectivity index (χ4n) is 2.69. The molecule has 0 bridgehead atoms. The van der Waals surface area contributed by atoms with Gasteiger partial charge in [0, 0.05) is 45.5 Å². The minimum Gasteiger partial charge on any atom is -0.485 e. The van der Waals surface area contributed by atoms with E-state index in [9.17, 15) is 0 Å². The molecule has 2 unspecified atom stereocenters. The molecular formula is C16H16BrClN2O. The van der Waals surface area contributed by atoms with Crippen molar-refractivity contribution in [3.05, 3.63) is 57.3 Å². The number of pyridine rings is 1. The van der Waals surface area contributed by atoms with Crippen molar-refractivity contribution in [2.45, 2.75) is 25.5 Å². The van der Waals surface area contributed by atoms with Crippen LogP contribution in [0.25, 0.3) is 0 Å². The number of ether oxygens (including phenoxy) is 1. The summed E-state index contributed by atoms with van der Waals surface area (Å²) in [6, 6.07) is 8.09. The van der Waals surface area contributed by atoms with Gasteiger partial charge in [-0.15, -0.1) is 0 Å². The number of benzene rings is 1. The van der Waals surface area contributed by atoms with Crippen molar-refractivity contribution in [3.8, 4) is 5.75 Å². The molecule has 0 saturated heterocycles. The number of aromatic nitrogens is 1. The van der Waals surface area contributed by atoms with Crippen LogP contribution >= 0.6 is 27.5 Å². The zero-order valence-corrected chi connectivity index (χ0v) is 14.0. The highest BCUT2D eigenvalue weighted by molar-refractivity contribution is 9.10. The lowest BCUT2D eigenvalue weighted by Crippen LogP contribution is -2.29. The summed E-state index contributed by atoms with van der Waals surface area (Å²) >= 11 is 9.58. The Hall–Kier alpha value is -1.10. The first-order valence-corrected chi connectivity index (χ1v) is 8.14. The van der Waals surface area contributed by atoms with Gasteiger partial charge in [0.2, 0.25) is 0 Å². The number of halogens is 2. The predicted octanol–water partition coefficient (Wildman–Crippen LogP) is 4.67. The zero-order valence-electron chi connectivity index (χ0n) is 11.6. The molecule has 21 heavy (non-hydrogen) atoms. The summed E-state index contributed by atoms with van der Waals surface area (Å²) in [6.45, 7) is 3.01. The van der Waals surface area contributed by atoms with Gasteiger partial charge in [-0.1, -0.05) is 18.5 Å². The molecule has 2 aromatic rings. The van der Waals surface area contributed by atoms with Crippen molar-refractivity contribution in [2.75, 3.05) is 6.54 Å². The van der Waals surface area contributed by atoms with E-state index in [1.807, 2.05) is 24.4 Å². The van der Waals surface area contributed by atoms with E-state index in [0.717, 1.165) is 39.3 Å². The molecular weight excluding hydrogens is 352 g/mol. The molecule has 0 amide bonds. The summed E-state index contributed by atoms with van der Waals surface area (Å²) in [5, 5.41) is 4.25. The molecule has 0 aliphatic carbocycles. The maximum Gasteiger partial charge on any atom is 0.127 e. The van der Waals surface area contributed by atoms with Gasteiger partial charge in [0.05, 0.1) is 0 Å². The predicted molar refractivity (Wildman–Crippen MR) is 87.8 cm³/mol. The fraction of sp³-hybridized carbons (Fsp3) is 0.312. The molecule has 1 aliphatic heterocycles. The van der Waals surface area contributed by atoms with Gasteiger partial charge in [0.1, 0.15) is 11.9 Å². The van der Waals surface area contributed by atoms with Gasteiger partial charge in [0.15, 0.2) is 0 Å². The molecule has 0 saturated carbocycles. The third-order valence-electron chi connectivity index (χ3n) is 3.61. The highest BCUT2D eigenvalue weighted by atomic mass is 79.9. The van der Waals surface area contributed by atoms with Crippen molar-refractivity contribution in [1.29, 1.82) is 0 Å². The van der Waals surface area contributed by atoms with Gasteiger partial charge in [-0.05, 0) is 46.7 Å². The van der Waals surface area contributed by atoms with Gasteiger partial charge in [-0.25, -0.2) is 0 Å². The van der Waals surface area contributed by atoms with Crippen LogP contribution in [0.4, 0.5) is 0 Å². The van der Waals surface area contributed by atoms with Crippen molar-refractivity contribution >= 4 is 27.5 Å². The molecule has 0 fully saturated rings. The number of fused-ring (bicyclic) bond motifs is 1. The second-order valence-electron chi connectivity index (χ2n) is 5.07. The molecule has 1 aromatic heterocycles. The van der Waals surface area contributed by atoms with Crippen molar-refractivity contribution < 1.29 is 4.74 Å². The summed E-state index contributed by atoms with van der Waals surface area (Å²) in [4.78, 5) is 4.23. The number of hydrogen-bond donors (Lipinski definition) is 1. The highest BCUT2D eigenvalue weighted by Crippen LogP contribution is 2.41. The summed E-state index contributed by atoms with van der Waals surface area (Å²) in [7, 11) is 0. The van der Waals surface area contributed by atoms with Gasteiger partial charge >= 0.3 is 0 Å². The lowest BCUT2D eigenvalue weighted by Gasteiger charge is -2.33. The van der Waals surface area contributed by atoms with Gasteiger partial charge in [-0.2, -0.15) is 0 Å². The topological polar surface area (TPSA) is 34.2 Å². The van der Waals surface area contributed by atoms with E-state index >= 15 is 0 Å². The van der Waals surface area contributed by atoms with E-state index in [4.69, 9.17) is 16.3 Å². The van der Waals surface area contributed by atoms with Crippen LogP contribution in [0.2, 0.25) is 5.02 Å². The quantitative estimate of drug-likeness (QED) is 0.856. The van der Waals surface area contributed by atoms with Crippen molar-refractivity contribution in [3.63, 3.8) is 0 Å². The second-order valence-corrected chi connectivity index (χ2v) is 6.42. The summed E-state index contributed by atoms with van der Waals surface area (Å²) < 4.78 is 7.11. The van der Waals surface area contributed by atoms with E-state index in [0.29, 0.717) is 0 Å². The molecule has 1 aromatic carbocycles. The van der Waals surface area contributed by atoms with Crippen molar-refractivity contribution in [1.82, 2.24) is 10.3 Å². The minimum absolute atomic E-state index is 0.00674. The van der Waals surface area contributed by atoms with Crippen molar-refractivity contribution in [2.24, 2.45) is 0 Å². The second kappa shape index (κ2) is 6.34.